The second kappa shape index (κ2) is 4.07. The van der Waals surface area contributed by atoms with Gasteiger partial charge in [-0.2, -0.15) is 0 Å². The van der Waals surface area contributed by atoms with Gasteiger partial charge < -0.3 is 9.47 Å². The SMILES string of the molecule is C/C=C1/OCCO/C1=C/[C@@H]1CCC1C. The van der Waals surface area contributed by atoms with Crippen molar-refractivity contribution in [3.05, 3.63) is 23.7 Å². The first kappa shape index (κ1) is 9.63. The maximum atomic E-state index is 5.60. The van der Waals surface area contributed by atoms with E-state index in [0.29, 0.717) is 19.1 Å². The highest BCUT2D eigenvalue weighted by Gasteiger charge is 2.26. The van der Waals surface area contributed by atoms with Crippen molar-refractivity contribution in [3.8, 4) is 0 Å². The van der Waals surface area contributed by atoms with E-state index in [1.54, 1.807) is 0 Å². The van der Waals surface area contributed by atoms with Crippen LogP contribution in [0.2, 0.25) is 0 Å². The maximum absolute atomic E-state index is 5.60. The first-order valence-electron chi connectivity index (χ1n) is 5.45. The molecule has 0 aromatic carbocycles. The van der Waals surface area contributed by atoms with Crippen LogP contribution >= 0.6 is 0 Å². The minimum absolute atomic E-state index is 0.678. The molecule has 14 heavy (non-hydrogen) atoms. The zero-order valence-electron chi connectivity index (χ0n) is 8.95. The predicted molar refractivity (Wildman–Crippen MR) is 55.6 cm³/mol. The molecule has 0 bridgehead atoms. The zero-order valence-corrected chi connectivity index (χ0v) is 8.95. The molecule has 1 heterocycles. The average Bonchev–Trinajstić information content (AvgIpc) is 2.24. The van der Waals surface area contributed by atoms with Crippen molar-refractivity contribution >= 4 is 0 Å². The minimum Gasteiger partial charge on any atom is -0.487 e. The molecule has 0 N–H and O–H groups in total. The van der Waals surface area contributed by atoms with Crippen LogP contribution in [0.5, 0.6) is 0 Å². The van der Waals surface area contributed by atoms with E-state index in [2.05, 4.69) is 13.0 Å². The molecular formula is C12H18O2. The second-order valence-corrected chi connectivity index (χ2v) is 4.10. The summed E-state index contributed by atoms with van der Waals surface area (Å²) in [5.41, 5.74) is 0. The molecule has 1 aliphatic heterocycles. The first-order chi connectivity index (χ1) is 6.81. The first-order valence-corrected chi connectivity index (χ1v) is 5.45. The summed E-state index contributed by atoms with van der Waals surface area (Å²) in [4.78, 5) is 0. The molecule has 2 nitrogen and oxygen atoms in total. The Labute approximate surface area is 85.6 Å². The molecule has 2 atom stereocenters. The van der Waals surface area contributed by atoms with Crippen LogP contribution in [0.1, 0.15) is 26.7 Å². The molecule has 2 aliphatic rings. The topological polar surface area (TPSA) is 18.5 Å². The number of ether oxygens (including phenoxy) is 2. The lowest BCUT2D eigenvalue weighted by Crippen LogP contribution is -2.23. The van der Waals surface area contributed by atoms with Gasteiger partial charge in [0.1, 0.15) is 13.2 Å². The van der Waals surface area contributed by atoms with E-state index >= 15 is 0 Å². The van der Waals surface area contributed by atoms with Crippen LogP contribution < -0.4 is 0 Å². The van der Waals surface area contributed by atoms with Crippen LogP contribution in [-0.4, -0.2) is 13.2 Å². The summed E-state index contributed by atoms with van der Waals surface area (Å²) < 4.78 is 11.1. The van der Waals surface area contributed by atoms with Crippen molar-refractivity contribution in [1.82, 2.24) is 0 Å². The lowest BCUT2D eigenvalue weighted by atomic mass is 9.74. The van der Waals surface area contributed by atoms with E-state index in [1.807, 2.05) is 13.0 Å². The quantitative estimate of drug-likeness (QED) is 0.639. The third kappa shape index (κ3) is 1.79. The van der Waals surface area contributed by atoms with Gasteiger partial charge in [0.2, 0.25) is 0 Å². The van der Waals surface area contributed by atoms with E-state index in [-0.39, 0.29) is 0 Å². The normalized spacial score (nSPS) is 37.6. The number of hydrogen-bond donors (Lipinski definition) is 0. The van der Waals surface area contributed by atoms with Crippen LogP contribution in [0, 0.1) is 11.8 Å². The van der Waals surface area contributed by atoms with Crippen LogP contribution in [0.4, 0.5) is 0 Å². The Morgan fingerprint density at radius 2 is 1.86 bits per heavy atom. The second-order valence-electron chi connectivity index (χ2n) is 4.10. The molecule has 0 radical (unpaired) electrons. The molecule has 2 fully saturated rings. The molecule has 1 saturated carbocycles. The smallest absolute Gasteiger partial charge is 0.157 e. The van der Waals surface area contributed by atoms with Crippen LogP contribution in [0.25, 0.3) is 0 Å². The molecule has 2 heteroatoms. The molecule has 1 unspecified atom stereocenters. The van der Waals surface area contributed by atoms with Crippen LogP contribution in [0.15, 0.2) is 23.7 Å². The Hall–Kier alpha value is -0.920. The Morgan fingerprint density at radius 3 is 2.36 bits per heavy atom. The van der Waals surface area contributed by atoms with Gasteiger partial charge in [-0.1, -0.05) is 6.92 Å². The monoisotopic (exact) mass is 194 g/mol. The van der Waals surface area contributed by atoms with Crippen molar-refractivity contribution < 1.29 is 9.47 Å². The van der Waals surface area contributed by atoms with E-state index < -0.39 is 0 Å². The molecule has 2 rings (SSSR count). The van der Waals surface area contributed by atoms with Gasteiger partial charge in [-0.3, -0.25) is 0 Å². The third-order valence-corrected chi connectivity index (χ3v) is 3.16. The molecule has 1 saturated heterocycles. The Balaban J connectivity index is 2.06. The van der Waals surface area contributed by atoms with Gasteiger partial charge in [0.25, 0.3) is 0 Å². The van der Waals surface area contributed by atoms with Gasteiger partial charge in [-0.25, -0.2) is 0 Å². The number of hydrogen-bond acceptors (Lipinski definition) is 2. The Kier molecular flexibility index (Phi) is 2.80. The molecule has 0 aromatic rings. The molecule has 0 amide bonds. The van der Waals surface area contributed by atoms with Gasteiger partial charge in [0.05, 0.1) is 0 Å². The fourth-order valence-electron chi connectivity index (χ4n) is 1.94. The van der Waals surface area contributed by atoms with Crippen molar-refractivity contribution in [2.45, 2.75) is 26.7 Å². The van der Waals surface area contributed by atoms with Crippen molar-refractivity contribution in [2.75, 3.05) is 13.2 Å². The highest BCUT2D eigenvalue weighted by atomic mass is 16.6. The summed E-state index contributed by atoms with van der Waals surface area (Å²) in [5.74, 6) is 3.37. The summed E-state index contributed by atoms with van der Waals surface area (Å²) in [6, 6.07) is 0. The summed E-state index contributed by atoms with van der Waals surface area (Å²) in [6.45, 7) is 5.65. The van der Waals surface area contributed by atoms with Gasteiger partial charge in [-0.05, 0) is 43.8 Å². The van der Waals surface area contributed by atoms with E-state index in [0.717, 1.165) is 17.4 Å². The van der Waals surface area contributed by atoms with E-state index in [4.69, 9.17) is 9.47 Å². The number of rotatable bonds is 1. The van der Waals surface area contributed by atoms with Crippen LogP contribution in [0.3, 0.4) is 0 Å². The molecule has 1 aliphatic carbocycles. The summed E-state index contributed by atoms with van der Waals surface area (Å²) in [6.07, 6.45) is 6.86. The Bertz CT molecular complexity index is 265. The van der Waals surface area contributed by atoms with Gasteiger partial charge in [-0.15, -0.1) is 0 Å². The summed E-state index contributed by atoms with van der Waals surface area (Å²) in [5, 5.41) is 0. The van der Waals surface area contributed by atoms with Gasteiger partial charge >= 0.3 is 0 Å². The largest absolute Gasteiger partial charge is 0.487 e. The predicted octanol–water partition coefficient (Wildman–Crippen LogP) is 2.87. The Morgan fingerprint density at radius 1 is 1.14 bits per heavy atom. The van der Waals surface area contributed by atoms with Crippen molar-refractivity contribution in [1.29, 1.82) is 0 Å². The van der Waals surface area contributed by atoms with Gasteiger partial charge in [0, 0.05) is 0 Å². The lowest BCUT2D eigenvalue weighted by molar-refractivity contribution is 0.0561. The molecule has 78 valence electrons. The molecular weight excluding hydrogens is 176 g/mol. The minimum atomic E-state index is 0.678. The highest BCUT2D eigenvalue weighted by Crippen LogP contribution is 2.36. The van der Waals surface area contributed by atoms with Crippen LogP contribution in [-0.2, 0) is 9.47 Å². The van der Waals surface area contributed by atoms with E-state index in [9.17, 15) is 0 Å². The average molecular weight is 194 g/mol. The standard InChI is InChI=1S/C12H18O2/c1-3-11-12(14-7-6-13-11)8-10-5-4-9(10)2/h3,8-10H,4-7H2,1-2H3/b11-3+,12-8+/t9?,10-/m0/s1. The fraction of sp³-hybridized carbons (Fsp3) is 0.667. The molecule has 0 aromatic heterocycles. The van der Waals surface area contributed by atoms with Crippen molar-refractivity contribution in [3.63, 3.8) is 0 Å². The highest BCUT2D eigenvalue weighted by molar-refractivity contribution is 5.22. The van der Waals surface area contributed by atoms with E-state index in [1.165, 1.54) is 12.8 Å². The number of allylic oxidation sites excluding steroid dienone is 2. The lowest BCUT2D eigenvalue weighted by Gasteiger charge is -2.32. The summed E-state index contributed by atoms with van der Waals surface area (Å²) >= 11 is 0. The maximum Gasteiger partial charge on any atom is 0.157 e. The van der Waals surface area contributed by atoms with Gasteiger partial charge in [0.15, 0.2) is 11.5 Å². The third-order valence-electron chi connectivity index (χ3n) is 3.16. The molecule has 0 spiro atoms. The zero-order chi connectivity index (χ0) is 9.97. The fourth-order valence-corrected chi connectivity index (χ4v) is 1.94. The summed E-state index contributed by atoms with van der Waals surface area (Å²) in [7, 11) is 0. The van der Waals surface area contributed by atoms with Crippen molar-refractivity contribution in [2.24, 2.45) is 11.8 Å².